The summed E-state index contributed by atoms with van der Waals surface area (Å²) in [6, 6.07) is 0. The average Bonchev–Trinajstić information content (AvgIpc) is 2.27. The lowest BCUT2D eigenvalue weighted by molar-refractivity contribution is -0.143. The average molecular weight is 238 g/mol. The summed E-state index contributed by atoms with van der Waals surface area (Å²) in [4.78, 5) is 21.3. The van der Waals surface area contributed by atoms with Gasteiger partial charge in [-0.3, -0.25) is 9.59 Å². The Morgan fingerprint density at radius 1 is 1.18 bits per heavy atom. The zero-order valence-electron chi connectivity index (χ0n) is 10.3. The highest BCUT2D eigenvalue weighted by Crippen LogP contribution is 1.91. The Kier molecular flexibility index (Phi) is 9.64. The first kappa shape index (κ1) is 15.2. The fraction of sp³-hybridized carbons (Fsp3) is 0.538. The van der Waals surface area contributed by atoms with Crippen LogP contribution in [0.4, 0.5) is 0 Å². The van der Waals surface area contributed by atoms with Gasteiger partial charge in [-0.2, -0.15) is 0 Å². The maximum Gasteiger partial charge on any atom is 0.306 e. The zero-order chi connectivity index (χ0) is 12.9. The molecule has 0 aliphatic rings. The minimum Gasteiger partial charge on any atom is -0.466 e. The lowest BCUT2D eigenvalue weighted by Crippen LogP contribution is -2.02. The highest BCUT2D eigenvalue weighted by atomic mass is 16.5. The minimum atomic E-state index is -0.296. The molecule has 0 bridgehead atoms. The Morgan fingerprint density at radius 3 is 2.59 bits per heavy atom. The van der Waals surface area contributed by atoms with Crippen LogP contribution in [-0.2, 0) is 19.1 Å². The van der Waals surface area contributed by atoms with Crippen LogP contribution < -0.4 is 0 Å². The van der Waals surface area contributed by atoms with Crippen molar-refractivity contribution in [2.75, 3.05) is 13.2 Å². The van der Waals surface area contributed by atoms with E-state index in [9.17, 15) is 9.59 Å². The predicted molar refractivity (Wildman–Crippen MR) is 64.0 cm³/mol. The van der Waals surface area contributed by atoms with E-state index in [-0.39, 0.29) is 18.5 Å². The normalized spacial score (nSPS) is 9.53. The monoisotopic (exact) mass is 238 g/mol. The van der Waals surface area contributed by atoms with Crippen molar-refractivity contribution in [3.8, 4) is 11.8 Å². The molecular weight excluding hydrogens is 220 g/mol. The molecule has 0 saturated heterocycles. The second-order valence-corrected chi connectivity index (χ2v) is 3.14. The molecule has 0 fully saturated rings. The molecule has 0 aliphatic heterocycles. The molecule has 0 aromatic carbocycles. The third-order valence-corrected chi connectivity index (χ3v) is 1.65. The van der Waals surface area contributed by atoms with Gasteiger partial charge in [-0.25, -0.2) is 0 Å². The molecule has 0 amide bonds. The SMILES string of the molecule is CCOC(=O)CCC#CCC=CCOC(C)=O. The Hall–Kier alpha value is -1.76. The van der Waals surface area contributed by atoms with E-state index in [4.69, 9.17) is 9.47 Å². The summed E-state index contributed by atoms with van der Waals surface area (Å²) in [5, 5.41) is 0. The summed E-state index contributed by atoms with van der Waals surface area (Å²) in [5.74, 6) is 5.24. The van der Waals surface area contributed by atoms with Crippen molar-refractivity contribution in [2.45, 2.75) is 33.1 Å². The van der Waals surface area contributed by atoms with Gasteiger partial charge in [0.05, 0.1) is 13.0 Å². The van der Waals surface area contributed by atoms with E-state index in [1.165, 1.54) is 6.92 Å². The van der Waals surface area contributed by atoms with E-state index in [2.05, 4.69) is 11.8 Å². The van der Waals surface area contributed by atoms with Crippen LogP contribution in [-0.4, -0.2) is 25.2 Å². The molecular formula is C13H18O4. The van der Waals surface area contributed by atoms with E-state index < -0.39 is 0 Å². The Balaban J connectivity index is 3.48. The molecule has 0 radical (unpaired) electrons. The number of ether oxygens (including phenoxy) is 2. The molecule has 0 spiro atoms. The van der Waals surface area contributed by atoms with Gasteiger partial charge in [-0.1, -0.05) is 18.1 Å². The Labute approximate surface area is 102 Å². The number of hydrogen-bond acceptors (Lipinski definition) is 4. The molecule has 0 rings (SSSR count). The van der Waals surface area contributed by atoms with Gasteiger partial charge in [0.25, 0.3) is 0 Å². The van der Waals surface area contributed by atoms with Gasteiger partial charge >= 0.3 is 11.9 Å². The molecule has 4 nitrogen and oxygen atoms in total. The van der Waals surface area contributed by atoms with Gasteiger partial charge in [-0.15, -0.1) is 5.92 Å². The van der Waals surface area contributed by atoms with Gasteiger partial charge < -0.3 is 9.47 Å². The highest BCUT2D eigenvalue weighted by Gasteiger charge is 1.97. The predicted octanol–water partition coefficient (Wildman–Crippen LogP) is 1.84. The molecule has 0 saturated carbocycles. The Bertz CT molecular complexity index is 320. The third kappa shape index (κ3) is 12.2. The maximum absolute atomic E-state index is 10.9. The van der Waals surface area contributed by atoms with Crippen molar-refractivity contribution >= 4 is 11.9 Å². The van der Waals surface area contributed by atoms with Crippen LogP contribution in [0.25, 0.3) is 0 Å². The van der Waals surface area contributed by atoms with Crippen molar-refractivity contribution in [1.82, 2.24) is 0 Å². The van der Waals surface area contributed by atoms with Crippen LogP contribution in [0.5, 0.6) is 0 Å². The van der Waals surface area contributed by atoms with Crippen LogP contribution in [0.1, 0.15) is 33.1 Å². The first-order valence-electron chi connectivity index (χ1n) is 5.56. The van der Waals surface area contributed by atoms with Gasteiger partial charge in [0, 0.05) is 19.8 Å². The van der Waals surface area contributed by atoms with Crippen molar-refractivity contribution in [2.24, 2.45) is 0 Å². The minimum absolute atomic E-state index is 0.216. The molecule has 0 N–H and O–H groups in total. The van der Waals surface area contributed by atoms with Crippen molar-refractivity contribution in [3.05, 3.63) is 12.2 Å². The molecule has 94 valence electrons. The van der Waals surface area contributed by atoms with Crippen LogP contribution in [0.15, 0.2) is 12.2 Å². The Morgan fingerprint density at radius 2 is 1.94 bits per heavy atom. The summed E-state index contributed by atoms with van der Waals surface area (Å²) in [7, 11) is 0. The van der Waals surface area contributed by atoms with Crippen LogP contribution in [0.2, 0.25) is 0 Å². The van der Waals surface area contributed by atoms with Gasteiger partial charge in [0.15, 0.2) is 0 Å². The number of carbonyl (C=O) groups is 2. The summed E-state index contributed by atoms with van der Waals surface area (Å²) >= 11 is 0. The van der Waals surface area contributed by atoms with E-state index in [0.717, 1.165) is 0 Å². The van der Waals surface area contributed by atoms with Gasteiger partial charge in [0.1, 0.15) is 6.61 Å². The third-order valence-electron chi connectivity index (χ3n) is 1.65. The second kappa shape index (κ2) is 10.7. The number of hydrogen-bond donors (Lipinski definition) is 0. The summed E-state index contributed by atoms with van der Waals surface area (Å²) < 4.78 is 9.45. The van der Waals surface area contributed by atoms with Gasteiger partial charge in [-0.05, 0) is 6.92 Å². The molecule has 0 unspecified atom stereocenters. The standard InChI is InChI=1S/C13H18O4/c1-3-16-13(15)10-8-6-4-5-7-9-11-17-12(2)14/h7,9H,3,5,8,10-11H2,1-2H3. The molecule has 0 atom stereocenters. The van der Waals surface area contributed by atoms with Crippen LogP contribution >= 0.6 is 0 Å². The number of rotatable bonds is 6. The highest BCUT2D eigenvalue weighted by molar-refractivity contribution is 5.69. The van der Waals surface area contributed by atoms with Gasteiger partial charge in [0.2, 0.25) is 0 Å². The fourth-order valence-corrected chi connectivity index (χ4v) is 0.934. The zero-order valence-corrected chi connectivity index (χ0v) is 10.3. The van der Waals surface area contributed by atoms with Crippen LogP contribution in [0.3, 0.4) is 0 Å². The first-order chi connectivity index (χ1) is 8.16. The van der Waals surface area contributed by atoms with E-state index in [1.54, 1.807) is 13.0 Å². The van der Waals surface area contributed by atoms with E-state index in [0.29, 0.717) is 25.9 Å². The largest absolute Gasteiger partial charge is 0.466 e. The quantitative estimate of drug-likeness (QED) is 0.402. The van der Waals surface area contributed by atoms with E-state index in [1.807, 2.05) is 6.08 Å². The topological polar surface area (TPSA) is 52.6 Å². The summed E-state index contributed by atoms with van der Waals surface area (Å²) in [5.41, 5.74) is 0. The number of esters is 2. The molecule has 17 heavy (non-hydrogen) atoms. The van der Waals surface area contributed by atoms with Crippen molar-refractivity contribution in [1.29, 1.82) is 0 Å². The maximum atomic E-state index is 10.9. The lowest BCUT2D eigenvalue weighted by Gasteiger charge is -1.96. The molecule has 0 aromatic heterocycles. The number of allylic oxidation sites excluding steroid dienone is 1. The van der Waals surface area contributed by atoms with E-state index >= 15 is 0 Å². The first-order valence-corrected chi connectivity index (χ1v) is 5.56. The molecule has 4 heteroatoms. The molecule has 0 aromatic rings. The lowest BCUT2D eigenvalue weighted by atomic mass is 10.3. The molecule has 0 aliphatic carbocycles. The smallest absolute Gasteiger partial charge is 0.306 e. The van der Waals surface area contributed by atoms with Crippen molar-refractivity contribution in [3.63, 3.8) is 0 Å². The fourth-order valence-electron chi connectivity index (χ4n) is 0.934. The number of carbonyl (C=O) groups excluding carboxylic acids is 2. The van der Waals surface area contributed by atoms with Crippen LogP contribution in [0, 0.1) is 11.8 Å². The second-order valence-electron chi connectivity index (χ2n) is 3.14. The molecule has 0 heterocycles. The summed E-state index contributed by atoms with van der Waals surface area (Å²) in [6.07, 6.45) is 4.99. The van der Waals surface area contributed by atoms with Crippen molar-refractivity contribution < 1.29 is 19.1 Å². The summed E-state index contributed by atoms with van der Waals surface area (Å²) in [6.45, 7) is 3.82.